The molecule has 0 spiro atoms. The molecule has 0 radical (unpaired) electrons. The fourth-order valence-electron chi connectivity index (χ4n) is 1.27. The third kappa shape index (κ3) is 1.96. The molecule has 1 aliphatic heterocycles. The SMILES string of the molecule is O=C(c1ccc([N+](=O)[O-])o1)N1CCSC1. The minimum Gasteiger partial charge on any atom is -0.395 e. The topological polar surface area (TPSA) is 76.6 Å². The van der Waals surface area contributed by atoms with Gasteiger partial charge in [-0.05, 0) is 6.07 Å². The predicted octanol–water partition coefficient (Wildman–Crippen LogP) is 1.33. The van der Waals surface area contributed by atoms with Crippen LogP contribution in [0, 0.1) is 10.1 Å². The van der Waals surface area contributed by atoms with Crippen LogP contribution in [0.3, 0.4) is 0 Å². The van der Waals surface area contributed by atoms with Gasteiger partial charge in [-0.25, -0.2) is 0 Å². The van der Waals surface area contributed by atoms with E-state index in [2.05, 4.69) is 0 Å². The Bertz CT molecular complexity index is 397. The Morgan fingerprint density at radius 2 is 2.40 bits per heavy atom. The van der Waals surface area contributed by atoms with Crippen LogP contribution < -0.4 is 0 Å². The van der Waals surface area contributed by atoms with Gasteiger partial charge in [0.2, 0.25) is 0 Å². The Balaban J connectivity index is 2.14. The van der Waals surface area contributed by atoms with Crippen molar-refractivity contribution in [1.82, 2.24) is 4.90 Å². The summed E-state index contributed by atoms with van der Waals surface area (Å²) in [5, 5.41) is 10.3. The van der Waals surface area contributed by atoms with Gasteiger partial charge in [0.25, 0.3) is 5.91 Å². The molecule has 15 heavy (non-hydrogen) atoms. The zero-order valence-corrected chi connectivity index (χ0v) is 8.53. The van der Waals surface area contributed by atoms with Crippen LogP contribution >= 0.6 is 11.8 Å². The van der Waals surface area contributed by atoms with Crippen LogP contribution in [0.25, 0.3) is 0 Å². The van der Waals surface area contributed by atoms with Crippen molar-refractivity contribution < 1.29 is 14.1 Å². The van der Waals surface area contributed by atoms with Gasteiger partial charge in [0.1, 0.15) is 4.92 Å². The Hall–Kier alpha value is -1.50. The molecule has 2 rings (SSSR count). The van der Waals surface area contributed by atoms with Crippen molar-refractivity contribution in [3.63, 3.8) is 0 Å². The number of furan rings is 1. The van der Waals surface area contributed by atoms with Gasteiger partial charge in [-0.2, -0.15) is 0 Å². The van der Waals surface area contributed by atoms with E-state index in [9.17, 15) is 14.9 Å². The van der Waals surface area contributed by atoms with E-state index < -0.39 is 10.8 Å². The Morgan fingerprint density at radius 3 is 2.93 bits per heavy atom. The minimum atomic E-state index is -0.657. The van der Waals surface area contributed by atoms with Crippen molar-refractivity contribution in [3.8, 4) is 0 Å². The molecule has 1 amide bonds. The molecule has 0 aromatic carbocycles. The molecule has 7 heteroatoms. The van der Waals surface area contributed by atoms with Crippen molar-refractivity contribution >= 4 is 23.6 Å². The van der Waals surface area contributed by atoms with Crippen LogP contribution in [0.5, 0.6) is 0 Å². The summed E-state index contributed by atoms with van der Waals surface area (Å²) in [4.78, 5) is 23.0. The van der Waals surface area contributed by atoms with Gasteiger partial charge in [0.05, 0.1) is 11.9 Å². The fraction of sp³-hybridized carbons (Fsp3) is 0.375. The second kappa shape index (κ2) is 3.93. The maximum absolute atomic E-state index is 11.7. The molecular weight excluding hydrogens is 220 g/mol. The fourth-order valence-corrected chi connectivity index (χ4v) is 2.22. The highest BCUT2D eigenvalue weighted by Crippen LogP contribution is 2.20. The van der Waals surface area contributed by atoms with Crippen LogP contribution in [0.2, 0.25) is 0 Å². The first-order chi connectivity index (χ1) is 7.18. The molecular formula is C8H8N2O4S. The van der Waals surface area contributed by atoms with Gasteiger partial charge in [0.15, 0.2) is 5.76 Å². The van der Waals surface area contributed by atoms with Crippen molar-refractivity contribution in [1.29, 1.82) is 0 Å². The number of thioether (sulfide) groups is 1. The molecule has 0 aliphatic carbocycles. The highest BCUT2D eigenvalue weighted by molar-refractivity contribution is 7.99. The molecule has 0 atom stereocenters. The van der Waals surface area contributed by atoms with E-state index in [-0.39, 0.29) is 11.7 Å². The molecule has 80 valence electrons. The highest BCUT2D eigenvalue weighted by Gasteiger charge is 2.24. The molecule has 1 fully saturated rings. The maximum Gasteiger partial charge on any atom is 0.433 e. The first-order valence-corrected chi connectivity index (χ1v) is 5.45. The van der Waals surface area contributed by atoms with Crippen molar-refractivity contribution in [3.05, 3.63) is 28.0 Å². The third-order valence-corrected chi connectivity index (χ3v) is 2.99. The van der Waals surface area contributed by atoms with Crippen molar-refractivity contribution in [2.75, 3.05) is 18.2 Å². The summed E-state index contributed by atoms with van der Waals surface area (Å²) in [6.07, 6.45) is 0. The average molecular weight is 228 g/mol. The Morgan fingerprint density at radius 1 is 1.60 bits per heavy atom. The molecule has 6 nitrogen and oxygen atoms in total. The smallest absolute Gasteiger partial charge is 0.395 e. The summed E-state index contributed by atoms with van der Waals surface area (Å²) in [6, 6.07) is 2.53. The number of carbonyl (C=O) groups is 1. The summed E-state index contributed by atoms with van der Waals surface area (Å²) in [7, 11) is 0. The predicted molar refractivity (Wildman–Crippen MR) is 53.7 cm³/mol. The standard InChI is InChI=1S/C8H8N2O4S/c11-8(9-3-4-15-5-9)6-1-2-7(14-6)10(12)13/h1-2H,3-5H2. The van der Waals surface area contributed by atoms with Gasteiger partial charge >= 0.3 is 5.88 Å². The van der Waals surface area contributed by atoms with Crippen molar-refractivity contribution in [2.45, 2.75) is 0 Å². The lowest BCUT2D eigenvalue weighted by molar-refractivity contribution is -0.402. The lowest BCUT2D eigenvalue weighted by Gasteiger charge is -2.11. The number of hydrogen-bond acceptors (Lipinski definition) is 5. The lowest BCUT2D eigenvalue weighted by Crippen LogP contribution is -2.27. The minimum absolute atomic E-state index is 0.0317. The number of hydrogen-bond donors (Lipinski definition) is 0. The number of carbonyl (C=O) groups excluding carboxylic acids is 1. The van der Waals surface area contributed by atoms with Crippen LogP contribution in [0.15, 0.2) is 16.5 Å². The van der Waals surface area contributed by atoms with E-state index >= 15 is 0 Å². The largest absolute Gasteiger partial charge is 0.433 e. The van der Waals surface area contributed by atoms with Crippen molar-refractivity contribution in [2.24, 2.45) is 0 Å². The number of amides is 1. The molecule has 0 saturated carbocycles. The summed E-state index contributed by atoms with van der Waals surface area (Å²) in [5.41, 5.74) is 0. The quantitative estimate of drug-likeness (QED) is 0.563. The van der Waals surface area contributed by atoms with Gasteiger partial charge in [-0.15, -0.1) is 11.8 Å². The monoisotopic (exact) mass is 228 g/mol. The molecule has 1 aromatic heterocycles. The van der Waals surface area contributed by atoms with E-state index in [1.165, 1.54) is 12.1 Å². The molecule has 0 N–H and O–H groups in total. The third-order valence-electron chi connectivity index (χ3n) is 2.02. The van der Waals surface area contributed by atoms with Crippen LogP contribution in [0.1, 0.15) is 10.6 Å². The average Bonchev–Trinajstić information content (AvgIpc) is 2.88. The number of rotatable bonds is 2. The highest BCUT2D eigenvalue weighted by atomic mass is 32.2. The first kappa shape index (κ1) is 10.0. The molecule has 0 unspecified atom stereocenters. The zero-order chi connectivity index (χ0) is 10.8. The lowest BCUT2D eigenvalue weighted by atomic mass is 10.4. The first-order valence-electron chi connectivity index (χ1n) is 4.30. The van der Waals surface area contributed by atoms with E-state index in [1.807, 2.05) is 0 Å². The molecule has 1 aliphatic rings. The molecule has 0 bridgehead atoms. The summed E-state index contributed by atoms with van der Waals surface area (Å²) >= 11 is 1.65. The van der Waals surface area contributed by atoms with E-state index in [1.54, 1.807) is 16.7 Å². The van der Waals surface area contributed by atoms with E-state index in [4.69, 9.17) is 4.42 Å². The van der Waals surface area contributed by atoms with E-state index in [0.29, 0.717) is 12.4 Å². The maximum atomic E-state index is 11.7. The van der Waals surface area contributed by atoms with Crippen LogP contribution in [-0.4, -0.2) is 33.9 Å². The second-order valence-corrected chi connectivity index (χ2v) is 4.08. The number of nitro groups is 1. The summed E-state index contributed by atoms with van der Waals surface area (Å²) < 4.78 is 4.82. The van der Waals surface area contributed by atoms with Gasteiger partial charge in [-0.1, -0.05) is 0 Å². The summed E-state index contributed by atoms with van der Waals surface area (Å²) in [5.74, 6) is 0.865. The van der Waals surface area contributed by atoms with Gasteiger partial charge in [0, 0.05) is 12.3 Å². The van der Waals surface area contributed by atoms with Gasteiger partial charge in [-0.3, -0.25) is 14.9 Å². The summed E-state index contributed by atoms with van der Waals surface area (Å²) in [6.45, 7) is 0.665. The zero-order valence-electron chi connectivity index (χ0n) is 7.71. The normalized spacial score (nSPS) is 15.6. The second-order valence-electron chi connectivity index (χ2n) is 3.00. The van der Waals surface area contributed by atoms with Crippen LogP contribution in [0.4, 0.5) is 5.88 Å². The molecule has 2 heterocycles. The Kier molecular flexibility index (Phi) is 2.63. The van der Waals surface area contributed by atoms with E-state index in [0.717, 1.165) is 5.75 Å². The molecule has 1 aromatic rings. The Labute approximate surface area is 89.4 Å². The van der Waals surface area contributed by atoms with Gasteiger partial charge < -0.3 is 9.32 Å². The van der Waals surface area contributed by atoms with Crippen LogP contribution in [-0.2, 0) is 0 Å². The number of nitrogens with zero attached hydrogens (tertiary/aromatic N) is 2. The molecule has 1 saturated heterocycles.